The maximum Gasteiger partial charge on any atom is 0.237 e. The molecule has 1 rings (SSSR count). The number of methoxy groups -OCH3 is 1. The zero-order chi connectivity index (χ0) is 13.5. The molecule has 1 amide bonds. The van der Waals surface area contributed by atoms with E-state index in [0.717, 1.165) is 5.56 Å². The van der Waals surface area contributed by atoms with Crippen LogP contribution in [0.5, 0.6) is 5.88 Å². The second kappa shape index (κ2) is 6.60. The topological polar surface area (TPSA) is 75.0 Å². The van der Waals surface area contributed by atoms with Gasteiger partial charge < -0.3 is 10.1 Å². The fourth-order valence-corrected chi connectivity index (χ4v) is 1.45. The molecule has 0 aromatic carbocycles. The lowest BCUT2D eigenvalue weighted by molar-refractivity contribution is -0.124. The van der Waals surface area contributed by atoms with Crippen LogP contribution in [0.4, 0.5) is 0 Å². The average Bonchev–Trinajstić information content (AvgIpc) is 2.37. The van der Waals surface area contributed by atoms with E-state index >= 15 is 0 Å². The summed E-state index contributed by atoms with van der Waals surface area (Å²) in [6, 6.07) is 5.56. The molecule has 1 unspecified atom stereocenters. The fraction of sp³-hybridized carbons (Fsp3) is 0.462. The molecule has 1 aromatic rings. The summed E-state index contributed by atoms with van der Waals surface area (Å²) in [4.78, 5) is 15.8. The molecule has 1 atom stereocenters. The summed E-state index contributed by atoms with van der Waals surface area (Å²) in [6.07, 6.45) is 1.63. The smallest absolute Gasteiger partial charge is 0.237 e. The normalized spacial score (nSPS) is 11.7. The quantitative estimate of drug-likeness (QED) is 0.855. The summed E-state index contributed by atoms with van der Waals surface area (Å²) in [7, 11) is 1.55. The van der Waals surface area contributed by atoms with Gasteiger partial charge in [-0.1, -0.05) is 19.9 Å². The van der Waals surface area contributed by atoms with E-state index in [0.29, 0.717) is 12.4 Å². The molecule has 1 N–H and O–H groups in total. The van der Waals surface area contributed by atoms with Crippen molar-refractivity contribution >= 4 is 5.91 Å². The summed E-state index contributed by atoms with van der Waals surface area (Å²) in [5.74, 6) is -0.328. The Balaban J connectivity index is 2.54. The minimum Gasteiger partial charge on any atom is -0.481 e. The molecule has 5 heteroatoms. The molecule has 0 aliphatic heterocycles. The third kappa shape index (κ3) is 3.74. The maximum absolute atomic E-state index is 11.7. The molecule has 5 nitrogen and oxygen atoms in total. The van der Waals surface area contributed by atoms with Crippen molar-refractivity contribution in [2.24, 2.45) is 11.8 Å². The second-order valence-corrected chi connectivity index (χ2v) is 4.28. The van der Waals surface area contributed by atoms with E-state index in [1.807, 2.05) is 26.0 Å². The lowest BCUT2D eigenvalue weighted by Gasteiger charge is -2.13. The van der Waals surface area contributed by atoms with Crippen molar-refractivity contribution in [3.05, 3.63) is 23.9 Å². The number of aromatic nitrogens is 1. The summed E-state index contributed by atoms with van der Waals surface area (Å²) in [5, 5.41) is 11.6. The van der Waals surface area contributed by atoms with Gasteiger partial charge in [0.25, 0.3) is 0 Å². The van der Waals surface area contributed by atoms with Crippen molar-refractivity contribution in [3.63, 3.8) is 0 Å². The van der Waals surface area contributed by atoms with E-state index < -0.39 is 5.92 Å². The number of nitrogens with one attached hydrogen (secondary N) is 1. The third-order valence-electron chi connectivity index (χ3n) is 2.56. The first-order valence-electron chi connectivity index (χ1n) is 5.74. The number of carbonyl (C=O) groups excluding carboxylic acids is 1. The summed E-state index contributed by atoms with van der Waals surface area (Å²) >= 11 is 0. The highest BCUT2D eigenvalue weighted by Gasteiger charge is 2.20. The van der Waals surface area contributed by atoms with Crippen molar-refractivity contribution in [1.82, 2.24) is 10.3 Å². The summed E-state index contributed by atoms with van der Waals surface area (Å²) in [6.45, 7) is 4.06. The molecule has 18 heavy (non-hydrogen) atoms. The van der Waals surface area contributed by atoms with Gasteiger partial charge in [0.15, 0.2) is 0 Å². The van der Waals surface area contributed by atoms with E-state index in [9.17, 15) is 4.79 Å². The zero-order valence-corrected chi connectivity index (χ0v) is 10.8. The van der Waals surface area contributed by atoms with Gasteiger partial charge in [-0.15, -0.1) is 0 Å². The van der Waals surface area contributed by atoms with Gasteiger partial charge in [-0.2, -0.15) is 5.26 Å². The van der Waals surface area contributed by atoms with E-state index in [2.05, 4.69) is 10.3 Å². The van der Waals surface area contributed by atoms with Gasteiger partial charge in [0.2, 0.25) is 11.8 Å². The number of carbonyl (C=O) groups is 1. The first-order chi connectivity index (χ1) is 8.58. The molecule has 0 aliphatic carbocycles. The molecular formula is C13H17N3O2. The van der Waals surface area contributed by atoms with Crippen LogP contribution in [0.2, 0.25) is 0 Å². The number of nitriles is 1. The van der Waals surface area contributed by atoms with Crippen LogP contribution in [-0.4, -0.2) is 18.0 Å². The van der Waals surface area contributed by atoms with Crippen molar-refractivity contribution in [1.29, 1.82) is 5.26 Å². The summed E-state index contributed by atoms with van der Waals surface area (Å²) in [5.41, 5.74) is 0.865. The van der Waals surface area contributed by atoms with Crippen molar-refractivity contribution in [2.75, 3.05) is 7.11 Å². The largest absolute Gasteiger partial charge is 0.481 e. The highest BCUT2D eigenvalue weighted by Crippen LogP contribution is 2.10. The van der Waals surface area contributed by atoms with Crippen molar-refractivity contribution < 1.29 is 9.53 Å². The van der Waals surface area contributed by atoms with Crippen LogP contribution in [-0.2, 0) is 11.3 Å². The highest BCUT2D eigenvalue weighted by atomic mass is 16.5. The Morgan fingerprint density at radius 1 is 1.56 bits per heavy atom. The van der Waals surface area contributed by atoms with Gasteiger partial charge in [-0.05, 0) is 11.5 Å². The molecule has 0 spiro atoms. The number of hydrogen-bond acceptors (Lipinski definition) is 4. The molecule has 0 radical (unpaired) electrons. The lowest BCUT2D eigenvalue weighted by Crippen LogP contribution is -2.32. The number of pyridine rings is 1. The monoisotopic (exact) mass is 247 g/mol. The Hall–Kier alpha value is -2.09. The minimum atomic E-state index is -0.615. The third-order valence-corrected chi connectivity index (χ3v) is 2.56. The molecule has 0 fully saturated rings. The van der Waals surface area contributed by atoms with Crippen LogP contribution in [0.3, 0.4) is 0 Å². The predicted octanol–water partition coefficient (Wildman–Crippen LogP) is 1.50. The van der Waals surface area contributed by atoms with E-state index in [4.69, 9.17) is 10.00 Å². The summed E-state index contributed by atoms with van der Waals surface area (Å²) < 4.78 is 4.94. The Kier molecular flexibility index (Phi) is 5.12. The van der Waals surface area contributed by atoms with Gasteiger partial charge in [0, 0.05) is 18.8 Å². The molecule has 96 valence electrons. The molecule has 0 bridgehead atoms. The standard InChI is InChI=1S/C13H17N3O2/c1-9(2)11(6-14)13(17)16-8-10-4-5-12(18-3)15-7-10/h4-5,7,9,11H,8H2,1-3H3,(H,16,17). The van der Waals surface area contributed by atoms with Crippen LogP contribution in [0.1, 0.15) is 19.4 Å². The van der Waals surface area contributed by atoms with E-state index in [-0.39, 0.29) is 11.8 Å². The Morgan fingerprint density at radius 3 is 2.72 bits per heavy atom. The maximum atomic E-state index is 11.7. The molecule has 1 heterocycles. The zero-order valence-electron chi connectivity index (χ0n) is 10.8. The van der Waals surface area contributed by atoms with Gasteiger partial charge >= 0.3 is 0 Å². The molecule has 0 aliphatic rings. The van der Waals surface area contributed by atoms with Crippen molar-refractivity contribution in [2.45, 2.75) is 20.4 Å². The van der Waals surface area contributed by atoms with E-state index in [1.54, 1.807) is 19.4 Å². The SMILES string of the molecule is COc1ccc(CNC(=O)C(C#N)C(C)C)cn1. The first-order valence-corrected chi connectivity index (χ1v) is 5.74. The Labute approximate surface area is 107 Å². The first kappa shape index (κ1) is 14.0. The van der Waals surface area contributed by atoms with Gasteiger partial charge in [-0.25, -0.2) is 4.98 Å². The Bertz CT molecular complexity index is 435. The number of ether oxygens (including phenoxy) is 1. The van der Waals surface area contributed by atoms with Crippen LogP contribution in [0.25, 0.3) is 0 Å². The average molecular weight is 247 g/mol. The van der Waals surface area contributed by atoms with Crippen molar-refractivity contribution in [3.8, 4) is 11.9 Å². The van der Waals surface area contributed by atoms with Crippen LogP contribution in [0.15, 0.2) is 18.3 Å². The van der Waals surface area contributed by atoms with Crippen LogP contribution < -0.4 is 10.1 Å². The number of nitrogens with zero attached hydrogens (tertiary/aromatic N) is 2. The second-order valence-electron chi connectivity index (χ2n) is 4.28. The number of amides is 1. The fourth-order valence-electron chi connectivity index (χ4n) is 1.45. The molecule has 1 aromatic heterocycles. The van der Waals surface area contributed by atoms with Gasteiger partial charge in [0.05, 0.1) is 13.2 Å². The number of hydrogen-bond donors (Lipinski definition) is 1. The minimum absolute atomic E-state index is 0.00370. The number of rotatable bonds is 5. The molecule has 0 saturated carbocycles. The lowest BCUT2D eigenvalue weighted by atomic mass is 9.96. The van der Waals surface area contributed by atoms with E-state index in [1.165, 1.54) is 0 Å². The van der Waals surface area contributed by atoms with Crippen LogP contribution in [0, 0.1) is 23.2 Å². The Morgan fingerprint density at radius 2 is 2.28 bits per heavy atom. The van der Waals surface area contributed by atoms with Crippen LogP contribution >= 0.6 is 0 Å². The predicted molar refractivity (Wildman–Crippen MR) is 66.6 cm³/mol. The molecule has 0 saturated heterocycles. The van der Waals surface area contributed by atoms with Gasteiger partial charge in [0.1, 0.15) is 5.92 Å². The molecular weight excluding hydrogens is 230 g/mol. The van der Waals surface area contributed by atoms with Gasteiger partial charge in [-0.3, -0.25) is 4.79 Å². The highest BCUT2D eigenvalue weighted by molar-refractivity contribution is 5.81.